The molecule has 0 unspecified atom stereocenters. The predicted molar refractivity (Wildman–Crippen MR) is 90.9 cm³/mol. The van der Waals surface area contributed by atoms with E-state index in [0.29, 0.717) is 5.75 Å². The highest BCUT2D eigenvalue weighted by Crippen LogP contribution is 2.17. The molecule has 0 spiro atoms. The van der Waals surface area contributed by atoms with Crippen LogP contribution in [0.2, 0.25) is 0 Å². The molecule has 0 saturated carbocycles. The van der Waals surface area contributed by atoms with Gasteiger partial charge in [0.15, 0.2) is 0 Å². The molecule has 120 valence electrons. The first-order valence-corrected chi connectivity index (χ1v) is 8.90. The van der Waals surface area contributed by atoms with Crippen molar-refractivity contribution in [1.82, 2.24) is 10.2 Å². The number of nitrogens with zero attached hydrogens (tertiary/aromatic N) is 1. The summed E-state index contributed by atoms with van der Waals surface area (Å²) in [6, 6.07) is 6.37. The van der Waals surface area contributed by atoms with E-state index in [1.807, 2.05) is 4.90 Å². The number of hydrogen-bond acceptors (Lipinski definition) is 3. The number of thioether (sulfide) groups is 1. The number of aryl methyl sites for hydroxylation is 2. The fourth-order valence-electron chi connectivity index (χ4n) is 2.51. The molecule has 0 atom stereocenters. The van der Waals surface area contributed by atoms with Gasteiger partial charge in [-0.05, 0) is 37.8 Å². The van der Waals surface area contributed by atoms with Crippen LogP contribution in [0.15, 0.2) is 18.2 Å². The van der Waals surface area contributed by atoms with Crippen LogP contribution in [-0.2, 0) is 15.3 Å². The number of nitrogens with one attached hydrogen (secondary N) is 1. The molecule has 0 radical (unpaired) electrons. The molecule has 0 bridgehead atoms. The maximum atomic E-state index is 11.8. The van der Waals surface area contributed by atoms with Crippen molar-refractivity contribution in [2.45, 2.75) is 32.4 Å². The van der Waals surface area contributed by atoms with E-state index in [1.54, 1.807) is 11.8 Å². The van der Waals surface area contributed by atoms with E-state index in [1.165, 1.54) is 16.7 Å². The second kappa shape index (κ2) is 8.22. The Balaban J connectivity index is 1.67. The molecule has 22 heavy (non-hydrogen) atoms. The number of hydrogen-bond donors (Lipinski definition) is 1. The van der Waals surface area contributed by atoms with Crippen LogP contribution < -0.4 is 5.32 Å². The van der Waals surface area contributed by atoms with E-state index < -0.39 is 0 Å². The molecule has 1 heterocycles. The molecule has 1 N–H and O–H groups in total. The number of rotatable bonds is 6. The molecule has 1 aliphatic rings. The van der Waals surface area contributed by atoms with Crippen LogP contribution in [0.25, 0.3) is 0 Å². The van der Waals surface area contributed by atoms with Gasteiger partial charge in [0.2, 0.25) is 11.8 Å². The zero-order valence-electron chi connectivity index (χ0n) is 13.4. The fourth-order valence-corrected chi connectivity index (χ4v) is 3.43. The van der Waals surface area contributed by atoms with E-state index in [-0.39, 0.29) is 18.4 Å². The summed E-state index contributed by atoms with van der Waals surface area (Å²) < 4.78 is 0. The molecule has 1 aromatic carbocycles. The maximum Gasteiger partial charge on any atom is 0.241 e. The van der Waals surface area contributed by atoms with E-state index in [4.69, 9.17) is 0 Å². The third kappa shape index (κ3) is 5.05. The minimum absolute atomic E-state index is 0.0328. The largest absolute Gasteiger partial charge is 0.346 e. The molecular weight excluding hydrogens is 296 g/mol. The van der Waals surface area contributed by atoms with Crippen molar-refractivity contribution in [1.29, 1.82) is 0 Å². The summed E-state index contributed by atoms with van der Waals surface area (Å²) >= 11 is 1.58. The Hall–Kier alpha value is -1.49. The predicted octanol–water partition coefficient (Wildman–Crippen LogP) is 2.28. The van der Waals surface area contributed by atoms with Gasteiger partial charge in [0, 0.05) is 18.8 Å². The number of benzene rings is 1. The lowest BCUT2D eigenvalue weighted by Gasteiger charge is -2.15. The van der Waals surface area contributed by atoms with Gasteiger partial charge in [-0.15, -0.1) is 11.8 Å². The lowest BCUT2D eigenvalue weighted by molar-refractivity contribution is -0.131. The van der Waals surface area contributed by atoms with Gasteiger partial charge in [-0.2, -0.15) is 0 Å². The number of likely N-dealkylation sites (tertiary alicyclic amines) is 1. The lowest BCUT2D eigenvalue weighted by atomic mass is 10.1. The molecule has 2 rings (SSSR count). The number of amides is 2. The van der Waals surface area contributed by atoms with Gasteiger partial charge in [0.05, 0.1) is 12.3 Å². The summed E-state index contributed by atoms with van der Waals surface area (Å²) in [6.07, 6.45) is 2.15. The molecule has 0 aliphatic carbocycles. The van der Waals surface area contributed by atoms with Crippen molar-refractivity contribution in [3.05, 3.63) is 34.9 Å². The van der Waals surface area contributed by atoms with Crippen molar-refractivity contribution in [3.8, 4) is 0 Å². The summed E-state index contributed by atoms with van der Waals surface area (Å²) in [6.45, 7) is 5.95. The van der Waals surface area contributed by atoms with Crippen LogP contribution in [-0.4, -0.2) is 42.1 Å². The summed E-state index contributed by atoms with van der Waals surface area (Å²) in [7, 11) is 0. The summed E-state index contributed by atoms with van der Waals surface area (Å²) in [5.41, 5.74) is 3.76. The van der Waals surface area contributed by atoms with Gasteiger partial charge < -0.3 is 10.2 Å². The minimum Gasteiger partial charge on any atom is -0.346 e. The van der Waals surface area contributed by atoms with Crippen molar-refractivity contribution in [3.63, 3.8) is 0 Å². The van der Waals surface area contributed by atoms with Gasteiger partial charge in [-0.3, -0.25) is 9.59 Å². The average molecular weight is 320 g/mol. The van der Waals surface area contributed by atoms with Crippen LogP contribution >= 0.6 is 11.8 Å². The molecule has 4 nitrogen and oxygen atoms in total. The van der Waals surface area contributed by atoms with E-state index in [2.05, 4.69) is 37.4 Å². The van der Waals surface area contributed by atoms with Crippen LogP contribution in [0.1, 0.15) is 29.5 Å². The first-order valence-electron chi connectivity index (χ1n) is 7.74. The molecule has 1 aromatic rings. The zero-order chi connectivity index (χ0) is 15.9. The first-order chi connectivity index (χ1) is 10.6. The maximum absolute atomic E-state index is 11.8. The lowest BCUT2D eigenvalue weighted by Crippen LogP contribution is -2.39. The highest BCUT2D eigenvalue weighted by molar-refractivity contribution is 7.99. The third-order valence-electron chi connectivity index (χ3n) is 3.89. The zero-order valence-corrected chi connectivity index (χ0v) is 14.2. The van der Waals surface area contributed by atoms with Crippen molar-refractivity contribution in [2.75, 3.05) is 25.4 Å². The SMILES string of the molecule is Cc1ccc(C)c(CSCC(=O)NCC(=O)N2CCCC2)c1. The Morgan fingerprint density at radius 1 is 1.23 bits per heavy atom. The standard InChI is InChI=1S/C17H24N2O2S/c1-13-5-6-14(2)15(9-13)11-22-12-16(20)18-10-17(21)19-7-3-4-8-19/h5-6,9H,3-4,7-8,10-12H2,1-2H3,(H,18,20). The van der Waals surface area contributed by atoms with Crippen molar-refractivity contribution >= 4 is 23.6 Å². The van der Waals surface area contributed by atoms with Gasteiger partial charge in [0.25, 0.3) is 0 Å². The highest BCUT2D eigenvalue weighted by Gasteiger charge is 2.17. The molecule has 5 heteroatoms. The van der Waals surface area contributed by atoms with Crippen LogP contribution in [0.4, 0.5) is 0 Å². The minimum atomic E-state index is -0.0668. The van der Waals surface area contributed by atoms with Crippen LogP contribution in [0.5, 0.6) is 0 Å². The quantitative estimate of drug-likeness (QED) is 0.875. The number of carbonyl (C=O) groups excluding carboxylic acids is 2. The molecule has 1 fully saturated rings. The smallest absolute Gasteiger partial charge is 0.241 e. The van der Waals surface area contributed by atoms with Gasteiger partial charge in [0.1, 0.15) is 0 Å². The Morgan fingerprint density at radius 2 is 1.95 bits per heavy atom. The Labute approximate surface area is 136 Å². The van der Waals surface area contributed by atoms with Gasteiger partial charge in [-0.1, -0.05) is 23.8 Å². The Morgan fingerprint density at radius 3 is 2.68 bits per heavy atom. The topological polar surface area (TPSA) is 49.4 Å². The molecule has 1 aliphatic heterocycles. The Bertz CT molecular complexity index is 539. The fraction of sp³-hybridized carbons (Fsp3) is 0.529. The summed E-state index contributed by atoms with van der Waals surface area (Å²) in [5.74, 6) is 1.18. The van der Waals surface area contributed by atoms with Crippen molar-refractivity contribution < 1.29 is 9.59 Å². The van der Waals surface area contributed by atoms with Crippen molar-refractivity contribution in [2.24, 2.45) is 0 Å². The number of carbonyl (C=O) groups is 2. The van der Waals surface area contributed by atoms with Crippen LogP contribution in [0, 0.1) is 13.8 Å². The van der Waals surface area contributed by atoms with E-state index in [9.17, 15) is 9.59 Å². The summed E-state index contributed by atoms with van der Waals surface area (Å²) in [5, 5.41) is 2.72. The molecule has 1 saturated heterocycles. The third-order valence-corrected chi connectivity index (χ3v) is 4.87. The van der Waals surface area contributed by atoms with Gasteiger partial charge >= 0.3 is 0 Å². The normalized spacial score (nSPS) is 14.2. The second-order valence-corrected chi connectivity index (χ2v) is 6.77. The monoisotopic (exact) mass is 320 g/mol. The highest BCUT2D eigenvalue weighted by atomic mass is 32.2. The first kappa shape index (κ1) is 16.9. The molecule has 2 amide bonds. The van der Waals surface area contributed by atoms with E-state index >= 15 is 0 Å². The van der Waals surface area contributed by atoms with E-state index in [0.717, 1.165) is 31.7 Å². The average Bonchev–Trinajstić information content (AvgIpc) is 3.02. The molecular formula is C17H24N2O2S. The van der Waals surface area contributed by atoms with Crippen LogP contribution in [0.3, 0.4) is 0 Å². The summed E-state index contributed by atoms with van der Waals surface area (Å²) in [4.78, 5) is 25.5. The molecule has 0 aromatic heterocycles. The van der Waals surface area contributed by atoms with Gasteiger partial charge in [-0.25, -0.2) is 0 Å². The Kier molecular flexibility index (Phi) is 6.31. The second-order valence-electron chi connectivity index (χ2n) is 5.79.